The number of aliphatic carboxylic acids is 1. The summed E-state index contributed by atoms with van der Waals surface area (Å²) in [4.78, 5) is 20.7. The SMILES string of the molecule is O=C(O)[C@@H]1[C@@H]2OO[C@@H]3[C@H](Br)[C@@H]1O[C@@H]32. The van der Waals surface area contributed by atoms with E-state index in [1.165, 1.54) is 0 Å². The Morgan fingerprint density at radius 1 is 1.15 bits per heavy atom. The number of alkyl halides is 1. The van der Waals surface area contributed by atoms with Crippen LogP contribution < -0.4 is 0 Å². The molecule has 3 rings (SSSR count). The van der Waals surface area contributed by atoms with Crippen LogP contribution in [0.5, 0.6) is 0 Å². The lowest BCUT2D eigenvalue weighted by atomic mass is 9.85. The molecule has 0 aromatic carbocycles. The van der Waals surface area contributed by atoms with Crippen molar-refractivity contribution in [1.82, 2.24) is 0 Å². The number of rotatable bonds is 1. The number of carboxylic acid groups (broad SMARTS) is 1. The maximum absolute atomic E-state index is 10.9. The molecule has 0 radical (unpaired) electrons. The van der Waals surface area contributed by atoms with Gasteiger partial charge in [0.25, 0.3) is 0 Å². The van der Waals surface area contributed by atoms with Gasteiger partial charge in [0.15, 0.2) is 0 Å². The highest BCUT2D eigenvalue weighted by Crippen LogP contribution is 2.49. The molecule has 3 saturated heterocycles. The summed E-state index contributed by atoms with van der Waals surface area (Å²) in [7, 11) is 0. The Bertz CT molecular complexity index is 270. The average molecular weight is 251 g/mol. The third-order valence-corrected chi connectivity index (χ3v) is 3.90. The molecule has 2 bridgehead atoms. The van der Waals surface area contributed by atoms with E-state index >= 15 is 0 Å². The largest absolute Gasteiger partial charge is 0.481 e. The number of halogens is 1. The lowest BCUT2D eigenvalue weighted by Crippen LogP contribution is -2.44. The molecule has 3 fully saturated rings. The fourth-order valence-corrected chi connectivity index (χ4v) is 3.11. The highest BCUT2D eigenvalue weighted by atomic mass is 79.9. The molecular formula is C7H7BrO5. The number of carboxylic acids is 1. The van der Waals surface area contributed by atoms with Gasteiger partial charge in [-0.25, -0.2) is 9.78 Å². The molecule has 1 N–H and O–H groups in total. The zero-order valence-electron chi connectivity index (χ0n) is 6.42. The van der Waals surface area contributed by atoms with Gasteiger partial charge in [0, 0.05) is 0 Å². The molecule has 13 heavy (non-hydrogen) atoms. The third kappa shape index (κ3) is 0.843. The monoisotopic (exact) mass is 250 g/mol. The van der Waals surface area contributed by atoms with Gasteiger partial charge in [0.05, 0.1) is 10.9 Å². The van der Waals surface area contributed by atoms with Gasteiger partial charge in [0.2, 0.25) is 0 Å². The van der Waals surface area contributed by atoms with Crippen molar-refractivity contribution in [3.05, 3.63) is 0 Å². The summed E-state index contributed by atoms with van der Waals surface area (Å²) in [6, 6.07) is 0. The fraction of sp³-hybridized carbons (Fsp3) is 0.857. The molecule has 0 amide bonds. The van der Waals surface area contributed by atoms with Gasteiger partial charge < -0.3 is 9.84 Å². The third-order valence-electron chi connectivity index (χ3n) is 2.86. The Balaban J connectivity index is 1.98. The van der Waals surface area contributed by atoms with Crippen LogP contribution in [0.4, 0.5) is 0 Å². The summed E-state index contributed by atoms with van der Waals surface area (Å²) in [5, 5.41) is 8.94. The van der Waals surface area contributed by atoms with Gasteiger partial charge in [-0.2, -0.15) is 0 Å². The second-order valence-corrected chi connectivity index (χ2v) is 4.55. The molecule has 5 nitrogen and oxygen atoms in total. The minimum atomic E-state index is -0.883. The number of hydrogen-bond acceptors (Lipinski definition) is 4. The van der Waals surface area contributed by atoms with E-state index in [4.69, 9.17) is 19.6 Å². The first-order valence-corrected chi connectivity index (χ1v) is 4.96. The lowest BCUT2D eigenvalue weighted by molar-refractivity contribution is -0.294. The van der Waals surface area contributed by atoms with Crippen LogP contribution in [0, 0.1) is 5.92 Å². The second-order valence-electron chi connectivity index (χ2n) is 3.50. The maximum atomic E-state index is 10.9. The summed E-state index contributed by atoms with van der Waals surface area (Å²) in [5.41, 5.74) is 0. The molecule has 0 aromatic rings. The molecular weight excluding hydrogens is 244 g/mol. The van der Waals surface area contributed by atoms with E-state index in [1.807, 2.05) is 0 Å². The molecule has 3 aliphatic heterocycles. The van der Waals surface area contributed by atoms with Crippen molar-refractivity contribution in [2.24, 2.45) is 5.92 Å². The van der Waals surface area contributed by atoms with Crippen molar-refractivity contribution >= 4 is 21.9 Å². The van der Waals surface area contributed by atoms with Crippen LogP contribution >= 0.6 is 15.9 Å². The topological polar surface area (TPSA) is 65.0 Å². The van der Waals surface area contributed by atoms with Crippen molar-refractivity contribution in [2.75, 3.05) is 0 Å². The Morgan fingerprint density at radius 2 is 1.85 bits per heavy atom. The minimum Gasteiger partial charge on any atom is -0.481 e. The number of hydrogen-bond donors (Lipinski definition) is 1. The predicted molar refractivity (Wildman–Crippen MR) is 42.2 cm³/mol. The fourth-order valence-electron chi connectivity index (χ4n) is 2.27. The number of carbonyl (C=O) groups is 1. The van der Waals surface area contributed by atoms with Gasteiger partial charge in [-0.3, -0.25) is 4.79 Å². The first kappa shape index (κ1) is 8.16. The standard InChI is InChI=1S/C7H7BrO5/c8-2-3-1(7(9)10)4-6(11-3)5(2)13-12-4/h1-6H,(H,9,10)/t1-,2+,3+,4-,5+,6+/m0/s1. The maximum Gasteiger partial charge on any atom is 0.312 e. The minimum absolute atomic E-state index is 0.0719. The van der Waals surface area contributed by atoms with Gasteiger partial charge in [0.1, 0.15) is 24.2 Å². The lowest BCUT2D eigenvalue weighted by Gasteiger charge is -2.20. The van der Waals surface area contributed by atoms with E-state index in [2.05, 4.69) is 15.9 Å². The number of ether oxygens (including phenoxy) is 1. The zero-order valence-corrected chi connectivity index (χ0v) is 8.01. The van der Waals surface area contributed by atoms with Gasteiger partial charge in [-0.1, -0.05) is 15.9 Å². The predicted octanol–water partition coefficient (Wildman–Crippen LogP) is -0.0693. The molecule has 0 aromatic heterocycles. The van der Waals surface area contributed by atoms with E-state index in [0.29, 0.717) is 0 Å². The van der Waals surface area contributed by atoms with Crippen LogP contribution in [0.15, 0.2) is 0 Å². The highest BCUT2D eigenvalue weighted by Gasteiger charge is 2.67. The van der Waals surface area contributed by atoms with Crippen LogP contribution in [0.1, 0.15) is 0 Å². The van der Waals surface area contributed by atoms with E-state index in [-0.39, 0.29) is 23.1 Å². The van der Waals surface area contributed by atoms with Crippen LogP contribution in [-0.4, -0.2) is 40.3 Å². The second kappa shape index (κ2) is 2.44. The Morgan fingerprint density at radius 3 is 2.54 bits per heavy atom. The molecule has 0 unspecified atom stereocenters. The highest BCUT2D eigenvalue weighted by molar-refractivity contribution is 9.09. The Labute approximate surface area is 82.0 Å². The van der Waals surface area contributed by atoms with E-state index < -0.39 is 18.0 Å². The van der Waals surface area contributed by atoms with Gasteiger partial charge in [-0.15, -0.1) is 0 Å². The molecule has 3 heterocycles. The van der Waals surface area contributed by atoms with Gasteiger partial charge >= 0.3 is 5.97 Å². The van der Waals surface area contributed by atoms with Crippen LogP contribution in [0.3, 0.4) is 0 Å². The normalized spacial score (nSPS) is 57.3. The first-order chi connectivity index (χ1) is 6.20. The average Bonchev–Trinajstić information content (AvgIpc) is 2.61. The van der Waals surface area contributed by atoms with Crippen molar-refractivity contribution in [3.63, 3.8) is 0 Å². The Kier molecular flexibility index (Phi) is 1.53. The summed E-state index contributed by atoms with van der Waals surface area (Å²) in [6.07, 6.45) is -1.11. The smallest absolute Gasteiger partial charge is 0.312 e. The zero-order chi connectivity index (χ0) is 9.16. The Hall–Kier alpha value is -0.170. The van der Waals surface area contributed by atoms with E-state index in [9.17, 15) is 4.79 Å². The van der Waals surface area contributed by atoms with Crippen molar-refractivity contribution in [1.29, 1.82) is 0 Å². The quantitative estimate of drug-likeness (QED) is 0.522. The molecule has 0 saturated carbocycles. The summed E-state index contributed by atoms with van der Waals surface area (Å²) < 4.78 is 5.47. The molecule has 0 aliphatic carbocycles. The van der Waals surface area contributed by atoms with Crippen LogP contribution in [-0.2, 0) is 19.3 Å². The molecule has 3 aliphatic rings. The van der Waals surface area contributed by atoms with Crippen LogP contribution in [0.2, 0.25) is 0 Å². The molecule has 6 atom stereocenters. The van der Waals surface area contributed by atoms with Crippen molar-refractivity contribution in [2.45, 2.75) is 29.2 Å². The summed E-state index contributed by atoms with van der Waals surface area (Å²) >= 11 is 3.36. The van der Waals surface area contributed by atoms with Crippen molar-refractivity contribution in [3.8, 4) is 0 Å². The summed E-state index contributed by atoms with van der Waals surface area (Å²) in [6.45, 7) is 0. The van der Waals surface area contributed by atoms with E-state index in [1.54, 1.807) is 0 Å². The van der Waals surface area contributed by atoms with Crippen LogP contribution in [0.25, 0.3) is 0 Å². The van der Waals surface area contributed by atoms with E-state index in [0.717, 1.165) is 0 Å². The molecule has 72 valence electrons. The summed E-state index contributed by atoms with van der Waals surface area (Å²) in [5.74, 6) is -1.49. The molecule has 6 heteroatoms. The number of fused-ring (bicyclic) bond motifs is 1. The molecule has 0 spiro atoms. The first-order valence-electron chi connectivity index (χ1n) is 4.04. The van der Waals surface area contributed by atoms with Gasteiger partial charge in [-0.05, 0) is 0 Å². The van der Waals surface area contributed by atoms with Crippen molar-refractivity contribution < 1.29 is 24.4 Å².